The molecule has 4 heteroatoms. The van der Waals surface area contributed by atoms with Crippen LogP contribution in [-0.4, -0.2) is 40.6 Å². The first kappa shape index (κ1) is 12.5. The lowest BCUT2D eigenvalue weighted by atomic mass is 9.96. The van der Waals surface area contributed by atoms with E-state index in [2.05, 4.69) is 11.8 Å². The molecule has 0 aliphatic carbocycles. The molecule has 1 aliphatic heterocycles. The number of carboxylic acids is 1. The van der Waals surface area contributed by atoms with Crippen molar-refractivity contribution < 1.29 is 9.90 Å². The van der Waals surface area contributed by atoms with Gasteiger partial charge in [-0.3, -0.25) is 9.69 Å². The Morgan fingerprint density at radius 1 is 1.67 bits per heavy atom. The van der Waals surface area contributed by atoms with Gasteiger partial charge in [-0.2, -0.15) is 0 Å². The summed E-state index contributed by atoms with van der Waals surface area (Å²) in [6, 6.07) is 0.214. The minimum absolute atomic E-state index is 0.243. The fourth-order valence-corrected chi connectivity index (χ4v) is 2.39. The van der Waals surface area contributed by atoms with E-state index < -0.39 is 5.97 Å². The van der Waals surface area contributed by atoms with Gasteiger partial charge in [-0.1, -0.05) is 13.3 Å². The molecule has 1 rings (SSSR count). The highest BCUT2D eigenvalue weighted by Crippen LogP contribution is 2.21. The standard InChI is InChI=1S/C11H22N2O2/c1-3-4-10(11(14)15)13-6-5-9(12)7-8(13)2/h8-10H,3-7,12H2,1-2H3,(H,14,15). The first-order valence-corrected chi connectivity index (χ1v) is 5.80. The average Bonchev–Trinajstić information content (AvgIpc) is 2.15. The quantitative estimate of drug-likeness (QED) is 0.734. The monoisotopic (exact) mass is 214 g/mol. The van der Waals surface area contributed by atoms with Crippen molar-refractivity contribution >= 4 is 5.97 Å². The molecule has 1 heterocycles. The maximum Gasteiger partial charge on any atom is 0.320 e. The van der Waals surface area contributed by atoms with E-state index >= 15 is 0 Å². The van der Waals surface area contributed by atoms with Gasteiger partial charge in [0.15, 0.2) is 0 Å². The first-order valence-electron chi connectivity index (χ1n) is 5.80. The fraction of sp³-hybridized carbons (Fsp3) is 0.909. The SMILES string of the molecule is CCCC(C(=O)O)N1CCC(N)CC1C. The van der Waals surface area contributed by atoms with Gasteiger partial charge in [-0.15, -0.1) is 0 Å². The molecule has 4 nitrogen and oxygen atoms in total. The molecule has 0 spiro atoms. The van der Waals surface area contributed by atoms with Crippen molar-refractivity contribution in [2.45, 2.75) is 57.7 Å². The van der Waals surface area contributed by atoms with Crippen LogP contribution in [0.25, 0.3) is 0 Å². The normalized spacial score (nSPS) is 30.1. The van der Waals surface area contributed by atoms with Crippen LogP contribution in [0.5, 0.6) is 0 Å². The third-order valence-electron chi connectivity index (χ3n) is 3.22. The number of aliphatic carboxylic acids is 1. The molecular weight excluding hydrogens is 192 g/mol. The van der Waals surface area contributed by atoms with Crippen molar-refractivity contribution in [1.29, 1.82) is 0 Å². The summed E-state index contributed by atoms with van der Waals surface area (Å²) in [6.45, 7) is 4.92. The van der Waals surface area contributed by atoms with Crippen molar-refractivity contribution in [1.82, 2.24) is 4.90 Å². The summed E-state index contributed by atoms with van der Waals surface area (Å²) >= 11 is 0. The number of carbonyl (C=O) groups is 1. The molecule has 0 saturated carbocycles. The van der Waals surface area contributed by atoms with Crippen molar-refractivity contribution in [3.8, 4) is 0 Å². The predicted octanol–water partition coefficient (Wildman–Crippen LogP) is 1.05. The number of likely N-dealkylation sites (tertiary alicyclic amines) is 1. The van der Waals surface area contributed by atoms with E-state index in [1.54, 1.807) is 0 Å². The van der Waals surface area contributed by atoms with E-state index in [1.807, 2.05) is 6.92 Å². The van der Waals surface area contributed by atoms with Crippen molar-refractivity contribution in [2.24, 2.45) is 5.73 Å². The molecule has 0 aromatic heterocycles. The van der Waals surface area contributed by atoms with Gasteiger partial charge in [0.1, 0.15) is 6.04 Å². The highest BCUT2D eigenvalue weighted by molar-refractivity contribution is 5.73. The Bertz CT molecular complexity index is 221. The van der Waals surface area contributed by atoms with Gasteiger partial charge in [0.25, 0.3) is 0 Å². The lowest BCUT2D eigenvalue weighted by molar-refractivity contribution is -0.145. The molecule has 88 valence electrons. The second-order valence-corrected chi connectivity index (χ2v) is 4.51. The van der Waals surface area contributed by atoms with Crippen molar-refractivity contribution in [3.63, 3.8) is 0 Å². The molecule has 0 aromatic carbocycles. The molecule has 0 aromatic rings. The third kappa shape index (κ3) is 3.18. The second kappa shape index (κ2) is 5.47. The Hall–Kier alpha value is -0.610. The number of nitrogens with zero attached hydrogens (tertiary/aromatic N) is 1. The zero-order valence-electron chi connectivity index (χ0n) is 9.65. The summed E-state index contributed by atoms with van der Waals surface area (Å²) in [7, 11) is 0. The van der Waals surface area contributed by atoms with Crippen molar-refractivity contribution in [2.75, 3.05) is 6.54 Å². The van der Waals surface area contributed by atoms with Gasteiger partial charge in [0, 0.05) is 18.6 Å². The lowest BCUT2D eigenvalue weighted by Crippen LogP contribution is -2.52. The highest BCUT2D eigenvalue weighted by atomic mass is 16.4. The molecule has 3 unspecified atom stereocenters. The largest absolute Gasteiger partial charge is 0.480 e. The molecule has 1 fully saturated rings. The van der Waals surface area contributed by atoms with Gasteiger partial charge in [0.05, 0.1) is 0 Å². The Balaban J connectivity index is 2.62. The van der Waals surface area contributed by atoms with E-state index in [0.717, 1.165) is 32.2 Å². The van der Waals surface area contributed by atoms with Crippen LogP contribution in [0, 0.1) is 0 Å². The molecule has 15 heavy (non-hydrogen) atoms. The summed E-state index contributed by atoms with van der Waals surface area (Å²) < 4.78 is 0. The lowest BCUT2D eigenvalue weighted by Gasteiger charge is -2.39. The summed E-state index contributed by atoms with van der Waals surface area (Å²) in [5.74, 6) is -0.695. The summed E-state index contributed by atoms with van der Waals surface area (Å²) in [5.41, 5.74) is 5.86. The maximum absolute atomic E-state index is 11.1. The summed E-state index contributed by atoms with van der Waals surface area (Å²) in [5, 5.41) is 9.17. The van der Waals surface area contributed by atoms with Crippen LogP contribution in [0.15, 0.2) is 0 Å². The van der Waals surface area contributed by atoms with Gasteiger partial charge in [-0.05, 0) is 26.2 Å². The molecule has 3 atom stereocenters. The van der Waals surface area contributed by atoms with Gasteiger partial charge >= 0.3 is 5.97 Å². The Morgan fingerprint density at radius 3 is 2.80 bits per heavy atom. The van der Waals surface area contributed by atoms with Gasteiger partial charge in [0.2, 0.25) is 0 Å². The van der Waals surface area contributed by atoms with Crippen LogP contribution in [0.4, 0.5) is 0 Å². The zero-order valence-corrected chi connectivity index (χ0v) is 9.65. The fourth-order valence-electron chi connectivity index (χ4n) is 2.39. The van der Waals surface area contributed by atoms with Crippen LogP contribution in [0.3, 0.4) is 0 Å². The van der Waals surface area contributed by atoms with E-state index in [-0.39, 0.29) is 12.1 Å². The van der Waals surface area contributed by atoms with Crippen LogP contribution in [0.1, 0.15) is 39.5 Å². The zero-order chi connectivity index (χ0) is 11.4. The average molecular weight is 214 g/mol. The first-order chi connectivity index (χ1) is 7.06. The molecular formula is C11H22N2O2. The molecule has 0 radical (unpaired) electrons. The number of hydrogen-bond donors (Lipinski definition) is 2. The number of carboxylic acid groups (broad SMARTS) is 1. The molecule has 1 aliphatic rings. The van der Waals surface area contributed by atoms with Gasteiger partial charge in [-0.25, -0.2) is 0 Å². The van der Waals surface area contributed by atoms with Crippen LogP contribution in [0.2, 0.25) is 0 Å². The summed E-state index contributed by atoms with van der Waals surface area (Å²) in [6.07, 6.45) is 3.46. The highest BCUT2D eigenvalue weighted by Gasteiger charge is 2.32. The van der Waals surface area contributed by atoms with Crippen LogP contribution in [-0.2, 0) is 4.79 Å². The molecule has 0 bridgehead atoms. The van der Waals surface area contributed by atoms with Gasteiger partial charge < -0.3 is 10.8 Å². The van der Waals surface area contributed by atoms with Crippen LogP contribution < -0.4 is 5.73 Å². The topological polar surface area (TPSA) is 66.6 Å². The predicted molar refractivity (Wildman–Crippen MR) is 59.7 cm³/mol. The molecule has 0 amide bonds. The number of piperidine rings is 1. The van der Waals surface area contributed by atoms with E-state index in [0.29, 0.717) is 6.04 Å². The molecule has 1 saturated heterocycles. The minimum Gasteiger partial charge on any atom is -0.480 e. The smallest absolute Gasteiger partial charge is 0.320 e. The van der Waals surface area contributed by atoms with E-state index in [1.165, 1.54) is 0 Å². The number of nitrogens with two attached hydrogens (primary N) is 1. The minimum atomic E-state index is -0.695. The third-order valence-corrected chi connectivity index (χ3v) is 3.22. The Labute approximate surface area is 91.4 Å². The Kier molecular flexibility index (Phi) is 4.54. The molecule has 3 N–H and O–H groups in total. The Morgan fingerprint density at radius 2 is 2.33 bits per heavy atom. The number of rotatable bonds is 4. The van der Waals surface area contributed by atoms with E-state index in [4.69, 9.17) is 10.8 Å². The second-order valence-electron chi connectivity index (χ2n) is 4.51. The van der Waals surface area contributed by atoms with Crippen LogP contribution >= 0.6 is 0 Å². The van der Waals surface area contributed by atoms with E-state index in [9.17, 15) is 4.79 Å². The maximum atomic E-state index is 11.1. The summed E-state index contributed by atoms with van der Waals surface area (Å²) in [4.78, 5) is 13.2. The van der Waals surface area contributed by atoms with Crippen molar-refractivity contribution in [3.05, 3.63) is 0 Å². The number of hydrogen-bond acceptors (Lipinski definition) is 3.